The Morgan fingerprint density at radius 1 is 1.03 bits per heavy atom. The number of hydrogen-bond donors (Lipinski definition) is 2. The number of fused-ring (bicyclic) bond motifs is 3. The number of carbonyl (C=O) groups is 3. The summed E-state index contributed by atoms with van der Waals surface area (Å²) in [4.78, 5) is 38.5. The van der Waals surface area contributed by atoms with Gasteiger partial charge in [0.25, 0.3) is 0 Å². The van der Waals surface area contributed by atoms with E-state index in [4.69, 9.17) is 4.74 Å². The molecule has 0 fully saturated rings. The Morgan fingerprint density at radius 3 is 2.09 bits per heavy atom. The lowest BCUT2D eigenvalue weighted by Crippen LogP contribution is -2.52. The number of hydrogen-bond acceptors (Lipinski definition) is 4. The standard InChI is InChI=1S/C27H34N2O5/c1-5-10-23(25(32)29(15-24(30)31)17-27(2,3)4)28-26(33)34-16-22-20-13-8-6-11-18(20)19-12-7-9-14-21(19)22/h6-9,11-14,22-23H,5,10,15-17H2,1-4H3,(H,28,33)(H,30,31). The van der Waals surface area contributed by atoms with Gasteiger partial charge in [-0.3, -0.25) is 9.59 Å². The minimum atomic E-state index is -1.09. The topological polar surface area (TPSA) is 95.9 Å². The van der Waals surface area contributed by atoms with Crippen LogP contribution in [0.25, 0.3) is 11.1 Å². The molecular weight excluding hydrogens is 432 g/mol. The number of carboxylic acids is 1. The first kappa shape index (κ1) is 25.3. The Kier molecular flexibility index (Phi) is 7.97. The van der Waals surface area contributed by atoms with E-state index < -0.39 is 30.6 Å². The van der Waals surface area contributed by atoms with Gasteiger partial charge in [-0.05, 0) is 34.1 Å². The number of nitrogens with one attached hydrogen (secondary N) is 1. The third-order valence-corrected chi connectivity index (χ3v) is 5.81. The zero-order valence-electron chi connectivity index (χ0n) is 20.3. The quantitative estimate of drug-likeness (QED) is 0.561. The van der Waals surface area contributed by atoms with Crippen LogP contribution in [-0.2, 0) is 14.3 Å². The zero-order chi connectivity index (χ0) is 24.9. The van der Waals surface area contributed by atoms with Crippen LogP contribution in [0.3, 0.4) is 0 Å². The van der Waals surface area contributed by atoms with Crippen LogP contribution in [0, 0.1) is 5.41 Å². The smallest absolute Gasteiger partial charge is 0.407 e. The van der Waals surface area contributed by atoms with Crippen molar-refractivity contribution in [3.63, 3.8) is 0 Å². The summed E-state index contributed by atoms with van der Waals surface area (Å²) in [6.07, 6.45) is 0.361. The van der Waals surface area contributed by atoms with Gasteiger partial charge in [-0.15, -0.1) is 0 Å². The summed E-state index contributed by atoms with van der Waals surface area (Å²) in [6, 6.07) is 15.3. The normalized spacial score (nSPS) is 13.5. The Hall–Kier alpha value is -3.35. The summed E-state index contributed by atoms with van der Waals surface area (Å²) in [5.41, 5.74) is 4.20. The summed E-state index contributed by atoms with van der Waals surface area (Å²) in [7, 11) is 0. The number of benzene rings is 2. The number of amides is 2. The third kappa shape index (κ3) is 6.16. The van der Waals surface area contributed by atoms with Crippen LogP contribution < -0.4 is 5.32 Å². The Labute approximate surface area is 201 Å². The SMILES string of the molecule is CCCC(NC(=O)OCC1c2ccccc2-c2ccccc21)C(=O)N(CC(=O)O)CC(C)(C)C. The molecule has 0 aliphatic heterocycles. The lowest BCUT2D eigenvalue weighted by molar-refractivity contribution is -0.146. The molecule has 0 spiro atoms. The van der Waals surface area contributed by atoms with Crippen molar-refractivity contribution in [2.24, 2.45) is 5.41 Å². The number of rotatable bonds is 9. The highest BCUT2D eigenvalue weighted by atomic mass is 16.5. The average molecular weight is 467 g/mol. The molecule has 2 aromatic carbocycles. The first-order valence-electron chi connectivity index (χ1n) is 11.7. The average Bonchev–Trinajstić information content (AvgIpc) is 3.09. The summed E-state index contributed by atoms with van der Waals surface area (Å²) in [6.45, 7) is 7.71. The molecule has 182 valence electrons. The second-order valence-electron chi connectivity index (χ2n) is 9.96. The molecule has 3 rings (SSSR count). The van der Waals surface area contributed by atoms with Gasteiger partial charge in [-0.1, -0.05) is 82.6 Å². The molecule has 34 heavy (non-hydrogen) atoms. The zero-order valence-corrected chi connectivity index (χ0v) is 20.3. The molecule has 0 heterocycles. The lowest BCUT2D eigenvalue weighted by atomic mass is 9.95. The molecule has 7 nitrogen and oxygen atoms in total. The van der Waals surface area contributed by atoms with E-state index >= 15 is 0 Å². The second kappa shape index (κ2) is 10.7. The van der Waals surface area contributed by atoms with E-state index in [0.29, 0.717) is 12.8 Å². The van der Waals surface area contributed by atoms with Crippen molar-refractivity contribution in [3.8, 4) is 11.1 Å². The number of carboxylic acid groups (broad SMARTS) is 1. The Morgan fingerprint density at radius 2 is 1.59 bits per heavy atom. The first-order chi connectivity index (χ1) is 16.1. The van der Waals surface area contributed by atoms with Crippen molar-refractivity contribution in [2.45, 2.75) is 52.5 Å². The van der Waals surface area contributed by atoms with E-state index in [1.54, 1.807) is 0 Å². The molecule has 1 aliphatic rings. The van der Waals surface area contributed by atoms with E-state index in [9.17, 15) is 19.5 Å². The molecule has 1 aliphatic carbocycles. The largest absolute Gasteiger partial charge is 0.480 e. The van der Waals surface area contributed by atoms with Crippen molar-refractivity contribution < 1.29 is 24.2 Å². The molecule has 7 heteroatoms. The fourth-order valence-corrected chi connectivity index (χ4v) is 4.50. The molecule has 0 saturated heterocycles. The Bertz CT molecular complexity index is 998. The molecule has 0 radical (unpaired) electrons. The number of aliphatic carboxylic acids is 1. The van der Waals surface area contributed by atoms with Gasteiger partial charge in [0, 0.05) is 12.5 Å². The molecule has 0 saturated carbocycles. The fourth-order valence-electron chi connectivity index (χ4n) is 4.50. The maximum atomic E-state index is 13.2. The van der Waals surface area contributed by atoms with Crippen LogP contribution in [0.2, 0.25) is 0 Å². The molecule has 2 N–H and O–H groups in total. The summed E-state index contributed by atoms with van der Waals surface area (Å²) in [5, 5.41) is 12.0. The van der Waals surface area contributed by atoms with Crippen LogP contribution in [0.1, 0.15) is 57.6 Å². The maximum absolute atomic E-state index is 13.2. The third-order valence-electron chi connectivity index (χ3n) is 5.81. The molecule has 2 aromatic rings. The summed E-state index contributed by atoms with van der Waals surface area (Å²) < 4.78 is 5.59. The van der Waals surface area contributed by atoms with Gasteiger partial charge in [-0.2, -0.15) is 0 Å². The van der Waals surface area contributed by atoms with Crippen molar-refractivity contribution in [2.75, 3.05) is 19.7 Å². The number of nitrogens with zero attached hydrogens (tertiary/aromatic N) is 1. The predicted molar refractivity (Wildman–Crippen MR) is 131 cm³/mol. The number of carbonyl (C=O) groups excluding carboxylic acids is 2. The van der Waals surface area contributed by atoms with Crippen LogP contribution in [0.5, 0.6) is 0 Å². The van der Waals surface area contributed by atoms with Crippen molar-refractivity contribution in [1.82, 2.24) is 10.2 Å². The maximum Gasteiger partial charge on any atom is 0.407 e. The predicted octanol–water partition coefficient (Wildman–Crippen LogP) is 4.65. The van der Waals surface area contributed by atoms with Gasteiger partial charge >= 0.3 is 12.1 Å². The second-order valence-corrected chi connectivity index (χ2v) is 9.96. The van der Waals surface area contributed by atoms with Crippen molar-refractivity contribution >= 4 is 18.0 Å². The molecule has 0 aromatic heterocycles. The number of ether oxygens (including phenoxy) is 1. The van der Waals surface area contributed by atoms with Crippen LogP contribution in [0.4, 0.5) is 4.79 Å². The van der Waals surface area contributed by atoms with E-state index in [1.165, 1.54) is 4.90 Å². The van der Waals surface area contributed by atoms with Crippen LogP contribution >= 0.6 is 0 Å². The highest BCUT2D eigenvalue weighted by Crippen LogP contribution is 2.44. The van der Waals surface area contributed by atoms with E-state index in [-0.39, 0.29) is 24.5 Å². The van der Waals surface area contributed by atoms with Crippen LogP contribution in [0.15, 0.2) is 48.5 Å². The summed E-state index contributed by atoms with van der Waals surface area (Å²) >= 11 is 0. The number of alkyl carbamates (subject to hydrolysis) is 1. The van der Waals surface area contributed by atoms with Gasteiger partial charge in [0.15, 0.2) is 0 Å². The van der Waals surface area contributed by atoms with Gasteiger partial charge in [0.1, 0.15) is 19.2 Å². The highest BCUT2D eigenvalue weighted by Gasteiger charge is 2.32. The molecule has 0 bridgehead atoms. The fraction of sp³-hybridized carbons (Fsp3) is 0.444. The monoisotopic (exact) mass is 466 g/mol. The summed E-state index contributed by atoms with van der Waals surface area (Å²) in [5.74, 6) is -1.58. The van der Waals surface area contributed by atoms with Gasteiger partial charge in [0.2, 0.25) is 5.91 Å². The van der Waals surface area contributed by atoms with Gasteiger partial charge in [0.05, 0.1) is 0 Å². The molecule has 1 unspecified atom stereocenters. The van der Waals surface area contributed by atoms with Crippen molar-refractivity contribution in [1.29, 1.82) is 0 Å². The Balaban J connectivity index is 1.69. The molecular formula is C27H34N2O5. The molecule has 1 atom stereocenters. The highest BCUT2D eigenvalue weighted by molar-refractivity contribution is 5.88. The van der Waals surface area contributed by atoms with Gasteiger partial charge < -0.3 is 20.1 Å². The minimum Gasteiger partial charge on any atom is -0.480 e. The molecule has 2 amide bonds. The minimum absolute atomic E-state index is 0.0807. The first-order valence-corrected chi connectivity index (χ1v) is 11.7. The van der Waals surface area contributed by atoms with E-state index in [0.717, 1.165) is 22.3 Å². The van der Waals surface area contributed by atoms with E-state index in [1.807, 2.05) is 64.1 Å². The lowest BCUT2D eigenvalue weighted by Gasteiger charge is -2.31. The van der Waals surface area contributed by atoms with E-state index in [2.05, 4.69) is 17.4 Å². The van der Waals surface area contributed by atoms with Crippen LogP contribution in [-0.4, -0.2) is 53.7 Å². The van der Waals surface area contributed by atoms with Crippen molar-refractivity contribution in [3.05, 3.63) is 59.7 Å². The van der Waals surface area contributed by atoms with Gasteiger partial charge in [-0.25, -0.2) is 4.79 Å².